The van der Waals surface area contributed by atoms with E-state index in [0.29, 0.717) is 40.5 Å². The zero-order valence-electron chi connectivity index (χ0n) is 25.4. The fourth-order valence-electron chi connectivity index (χ4n) is 6.45. The van der Waals surface area contributed by atoms with Crippen LogP contribution in [0.25, 0.3) is 0 Å². The number of rotatable bonds is 2. The van der Waals surface area contributed by atoms with Gasteiger partial charge in [0.05, 0.1) is 13.2 Å². The highest BCUT2D eigenvalue weighted by Crippen LogP contribution is 2.47. The van der Waals surface area contributed by atoms with E-state index in [1.807, 2.05) is 0 Å². The van der Waals surface area contributed by atoms with Crippen LogP contribution in [0.15, 0.2) is 0 Å². The van der Waals surface area contributed by atoms with Crippen molar-refractivity contribution < 1.29 is 48.7 Å². The Morgan fingerprint density at radius 3 is 1.21 bits per heavy atom. The number of nitrogens with zero attached hydrogens (tertiary/aromatic N) is 4. The van der Waals surface area contributed by atoms with E-state index in [4.69, 9.17) is 4.74 Å². The Morgan fingerprint density at radius 2 is 0.905 bits per heavy atom. The molecule has 14 nitrogen and oxygen atoms in total. The minimum atomic E-state index is -1.38. The summed E-state index contributed by atoms with van der Waals surface area (Å²) in [6.45, 7) is 9.07. The highest BCUT2D eigenvalue weighted by molar-refractivity contribution is 6.17. The third-order valence-electron chi connectivity index (χ3n) is 8.79. The van der Waals surface area contributed by atoms with Gasteiger partial charge < -0.3 is 19.9 Å². The number of piperazine rings is 2. The molecule has 4 aliphatic rings. The maximum atomic E-state index is 13.1. The van der Waals surface area contributed by atoms with Crippen LogP contribution in [-0.4, -0.2) is 102 Å². The molecule has 2 saturated carbocycles. The highest BCUT2D eigenvalue weighted by Gasteiger charge is 2.65. The van der Waals surface area contributed by atoms with Crippen LogP contribution in [0.2, 0.25) is 0 Å². The number of hydrogen-bond donors (Lipinski definition) is 2. The maximum Gasteiger partial charge on any atom is 0.423 e. The Labute approximate surface area is 245 Å². The summed E-state index contributed by atoms with van der Waals surface area (Å²) in [7, 11) is 0. The van der Waals surface area contributed by atoms with E-state index in [1.165, 1.54) is 27.7 Å². The number of carbonyl (C=O) groups excluding carboxylic acids is 6. The summed E-state index contributed by atoms with van der Waals surface area (Å²) >= 11 is 0. The van der Waals surface area contributed by atoms with Gasteiger partial charge in [0, 0.05) is 0 Å². The second-order valence-electron chi connectivity index (χ2n) is 12.2. The third-order valence-corrected chi connectivity index (χ3v) is 8.79. The van der Waals surface area contributed by atoms with Gasteiger partial charge in [-0.15, -0.1) is 0 Å². The number of amides is 6. The zero-order valence-corrected chi connectivity index (χ0v) is 25.4. The van der Waals surface area contributed by atoms with Gasteiger partial charge in [0.2, 0.25) is 0 Å². The van der Waals surface area contributed by atoms with Crippen molar-refractivity contribution in [3.05, 3.63) is 0 Å². The molecule has 0 unspecified atom stereocenters. The van der Waals surface area contributed by atoms with Gasteiger partial charge in [-0.25, -0.2) is 9.59 Å². The maximum absolute atomic E-state index is 13.1. The number of ether oxygens (including phenoxy) is 2. The lowest BCUT2D eigenvalue weighted by Gasteiger charge is -2.56. The Bertz CT molecular complexity index is 1040. The molecule has 14 heteroatoms. The summed E-state index contributed by atoms with van der Waals surface area (Å²) in [5.41, 5.74) is -5.11. The molecule has 0 aromatic heterocycles. The molecular weight excluding hydrogens is 552 g/mol. The summed E-state index contributed by atoms with van der Waals surface area (Å²) in [5, 5.41) is 22.7. The number of carbonyl (C=O) groups is 6. The Balaban J connectivity index is 0.000000241. The first-order valence-electron chi connectivity index (χ1n) is 14.7. The smallest absolute Gasteiger partial charge is 0.423 e. The molecule has 2 spiro atoms. The highest BCUT2D eigenvalue weighted by atomic mass is 16.6. The minimum Gasteiger partial charge on any atom is -0.449 e. The average molecular weight is 597 g/mol. The van der Waals surface area contributed by atoms with Crippen LogP contribution in [-0.2, 0) is 28.7 Å². The van der Waals surface area contributed by atoms with Gasteiger partial charge in [0.15, 0.2) is 0 Å². The second-order valence-corrected chi connectivity index (χ2v) is 12.2. The fraction of sp³-hybridized carbons (Fsp3) is 0.786. The molecule has 0 atom stereocenters. The van der Waals surface area contributed by atoms with Crippen LogP contribution in [0.3, 0.4) is 0 Å². The quantitative estimate of drug-likeness (QED) is 0.446. The summed E-state index contributed by atoms with van der Waals surface area (Å²) < 4.78 is 9.66. The van der Waals surface area contributed by atoms with E-state index >= 15 is 0 Å². The Morgan fingerprint density at radius 1 is 0.595 bits per heavy atom. The molecule has 0 aromatic carbocycles. The molecule has 0 aromatic rings. The number of imide groups is 6. The van der Waals surface area contributed by atoms with Crippen LogP contribution in [0.5, 0.6) is 0 Å². The zero-order chi connectivity index (χ0) is 31.7. The van der Waals surface area contributed by atoms with E-state index in [1.54, 1.807) is 13.8 Å². The normalized spacial score (nSPS) is 25.2. The van der Waals surface area contributed by atoms with Gasteiger partial charge in [-0.3, -0.25) is 19.2 Å². The molecule has 2 aliphatic carbocycles. The monoisotopic (exact) mass is 596 g/mol. The molecule has 4 rings (SSSR count). The SMILES string of the molecule is CCOC(=O)N1C(=O)C(C)(C)N(O)C(C)(C)C1=O.CCOC(=O)N1C(=O)C2(CCCCC2)N(O)C2(CCCCC2)C1=O. The van der Waals surface area contributed by atoms with E-state index in [9.17, 15) is 39.2 Å². The topological polar surface area (TPSA) is 174 Å². The van der Waals surface area contributed by atoms with Crippen molar-refractivity contribution in [3.8, 4) is 0 Å². The molecule has 4 fully saturated rings. The lowest BCUT2D eigenvalue weighted by Crippen LogP contribution is -2.77. The molecule has 42 heavy (non-hydrogen) atoms. The standard InChI is InChI=1S/C17H26N2O5.C11H18N2O5/c1-2-24-15(22)18-13(20)16(9-5-3-6-10-16)19(23)17(14(18)21)11-7-4-8-12-17;1-6-18-9(16)12-7(14)10(2,3)13(17)11(4,5)8(12)15/h23H,2-12H2,1H3;17H,6H2,1-5H3. The molecule has 2 aliphatic heterocycles. The van der Waals surface area contributed by atoms with Crippen molar-refractivity contribution in [3.63, 3.8) is 0 Å². The first-order chi connectivity index (χ1) is 19.6. The van der Waals surface area contributed by atoms with Gasteiger partial charge in [-0.1, -0.05) is 38.5 Å². The predicted octanol–water partition coefficient (Wildman–Crippen LogP) is 3.37. The average Bonchev–Trinajstić information content (AvgIpc) is 2.96. The predicted molar refractivity (Wildman–Crippen MR) is 145 cm³/mol. The molecule has 236 valence electrons. The van der Waals surface area contributed by atoms with E-state index < -0.39 is 58.0 Å². The van der Waals surface area contributed by atoms with Crippen molar-refractivity contribution in [1.29, 1.82) is 0 Å². The molecule has 2 heterocycles. The second kappa shape index (κ2) is 12.3. The molecule has 2 saturated heterocycles. The molecular formula is C28H44N4O10. The van der Waals surface area contributed by atoms with Gasteiger partial charge in [0.1, 0.15) is 22.2 Å². The van der Waals surface area contributed by atoms with Crippen LogP contribution >= 0.6 is 0 Å². The van der Waals surface area contributed by atoms with Crippen molar-refractivity contribution in [2.45, 2.75) is 128 Å². The minimum absolute atomic E-state index is 0.0551. The fourth-order valence-corrected chi connectivity index (χ4v) is 6.45. The van der Waals surface area contributed by atoms with Gasteiger partial charge >= 0.3 is 12.2 Å². The van der Waals surface area contributed by atoms with E-state index in [2.05, 4.69) is 4.74 Å². The molecule has 0 bridgehead atoms. The van der Waals surface area contributed by atoms with E-state index in [-0.39, 0.29) is 13.2 Å². The molecule has 2 N–H and O–H groups in total. The Kier molecular flexibility index (Phi) is 9.87. The molecule has 0 radical (unpaired) electrons. The van der Waals surface area contributed by atoms with E-state index in [0.717, 1.165) is 43.6 Å². The molecule has 6 amide bonds. The van der Waals surface area contributed by atoms with Crippen molar-refractivity contribution >= 4 is 35.8 Å². The number of hydroxylamine groups is 4. The van der Waals surface area contributed by atoms with Crippen LogP contribution in [0.1, 0.15) is 106 Å². The van der Waals surface area contributed by atoms with Crippen LogP contribution in [0, 0.1) is 0 Å². The Hall–Kier alpha value is -2.94. The summed E-state index contributed by atoms with van der Waals surface area (Å²) in [5.74, 6) is -2.87. The largest absolute Gasteiger partial charge is 0.449 e. The summed E-state index contributed by atoms with van der Waals surface area (Å²) in [6.07, 6.45) is 5.10. The lowest BCUT2D eigenvalue weighted by atomic mass is 9.70. The summed E-state index contributed by atoms with van der Waals surface area (Å²) in [4.78, 5) is 75.4. The van der Waals surface area contributed by atoms with Crippen LogP contribution in [0.4, 0.5) is 9.59 Å². The van der Waals surface area contributed by atoms with Crippen molar-refractivity contribution in [2.24, 2.45) is 0 Å². The lowest BCUT2D eigenvalue weighted by molar-refractivity contribution is -0.265. The van der Waals surface area contributed by atoms with Gasteiger partial charge in [0.25, 0.3) is 23.6 Å². The van der Waals surface area contributed by atoms with Crippen molar-refractivity contribution in [1.82, 2.24) is 19.9 Å². The summed E-state index contributed by atoms with van der Waals surface area (Å²) in [6, 6.07) is 0. The van der Waals surface area contributed by atoms with Crippen molar-refractivity contribution in [2.75, 3.05) is 13.2 Å². The van der Waals surface area contributed by atoms with Gasteiger partial charge in [-0.05, 0) is 67.2 Å². The first-order valence-corrected chi connectivity index (χ1v) is 14.7. The first kappa shape index (κ1) is 33.6. The van der Waals surface area contributed by atoms with Crippen LogP contribution < -0.4 is 0 Å². The third kappa shape index (κ3) is 5.33. The van der Waals surface area contributed by atoms with Gasteiger partial charge in [-0.2, -0.15) is 19.9 Å². The number of hydrogen-bond acceptors (Lipinski definition) is 12.